The van der Waals surface area contributed by atoms with Gasteiger partial charge in [-0.15, -0.1) is 0 Å². The van der Waals surface area contributed by atoms with Crippen LogP contribution in [0.15, 0.2) is 102 Å². The number of ether oxygens (including phenoxy) is 1. The van der Waals surface area contributed by atoms with Crippen molar-refractivity contribution < 1.29 is 18.7 Å². The molecule has 5 aromatic rings. The molecule has 39 heavy (non-hydrogen) atoms. The number of hydrogen-bond acceptors (Lipinski definition) is 8. The van der Waals surface area contributed by atoms with Crippen LogP contribution in [0.25, 0.3) is 11.3 Å². The summed E-state index contributed by atoms with van der Waals surface area (Å²) in [6.45, 7) is 2.09. The molecule has 0 fully saturated rings. The maximum absolute atomic E-state index is 13.2. The third kappa shape index (κ3) is 5.78. The van der Waals surface area contributed by atoms with Crippen LogP contribution in [0, 0.1) is 0 Å². The number of pyridine rings is 1. The summed E-state index contributed by atoms with van der Waals surface area (Å²) < 4.78 is 11.0. The molecular weight excluding hydrogens is 494 g/mol. The average molecular weight is 520 g/mol. The Hall–Kier alpha value is -5.44. The van der Waals surface area contributed by atoms with Gasteiger partial charge >= 0.3 is 0 Å². The minimum atomic E-state index is -0.478. The first-order valence-electron chi connectivity index (χ1n) is 12.2. The predicted molar refractivity (Wildman–Crippen MR) is 149 cm³/mol. The smallest absolute Gasteiger partial charge is 0.263 e. The number of hydrogen-bond donors (Lipinski definition) is 3. The number of nitrogens with one attached hydrogen (secondary N) is 2. The number of nitrogens with two attached hydrogens (primary N) is 1. The summed E-state index contributed by atoms with van der Waals surface area (Å²) in [6.07, 6.45) is 3.02. The van der Waals surface area contributed by atoms with E-state index in [1.165, 1.54) is 6.39 Å². The summed E-state index contributed by atoms with van der Waals surface area (Å²) in [6, 6.07) is 24.7. The van der Waals surface area contributed by atoms with Gasteiger partial charge in [-0.25, -0.2) is 4.98 Å². The summed E-state index contributed by atoms with van der Waals surface area (Å²) in [5, 5.41) is 5.99. The van der Waals surface area contributed by atoms with Crippen LogP contribution in [0.4, 0.5) is 22.9 Å². The first-order valence-corrected chi connectivity index (χ1v) is 12.2. The number of benzene rings is 3. The molecule has 9 heteroatoms. The van der Waals surface area contributed by atoms with Crippen LogP contribution < -0.4 is 21.1 Å². The van der Waals surface area contributed by atoms with Crippen molar-refractivity contribution in [2.24, 2.45) is 0 Å². The highest BCUT2D eigenvalue weighted by molar-refractivity contribution is 6.11. The van der Waals surface area contributed by atoms with Gasteiger partial charge in [0.05, 0.1) is 18.5 Å². The molecule has 2 aromatic heterocycles. The Morgan fingerprint density at radius 3 is 2.28 bits per heavy atom. The van der Waals surface area contributed by atoms with Crippen molar-refractivity contribution >= 4 is 34.6 Å². The molecule has 9 nitrogen and oxygen atoms in total. The molecule has 0 bridgehead atoms. The second kappa shape index (κ2) is 11.3. The van der Waals surface area contributed by atoms with Gasteiger partial charge in [-0.05, 0) is 55.5 Å². The monoisotopic (exact) mass is 519 g/mol. The van der Waals surface area contributed by atoms with E-state index in [2.05, 4.69) is 20.6 Å². The Morgan fingerprint density at radius 1 is 0.923 bits per heavy atom. The highest BCUT2D eigenvalue weighted by Gasteiger charge is 2.20. The summed E-state index contributed by atoms with van der Waals surface area (Å²) in [7, 11) is 0. The van der Waals surface area contributed by atoms with E-state index in [-0.39, 0.29) is 22.9 Å². The van der Waals surface area contributed by atoms with Crippen LogP contribution in [-0.2, 0) is 0 Å². The van der Waals surface area contributed by atoms with Crippen LogP contribution in [0.3, 0.4) is 0 Å². The lowest BCUT2D eigenvalue weighted by Crippen LogP contribution is -2.17. The van der Waals surface area contributed by atoms with Gasteiger partial charge in [0.25, 0.3) is 5.91 Å². The molecule has 0 radical (unpaired) electrons. The zero-order valence-corrected chi connectivity index (χ0v) is 21.0. The van der Waals surface area contributed by atoms with Crippen molar-refractivity contribution in [1.29, 1.82) is 0 Å². The van der Waals surface area contributed by atoms with Crippen LogP contribution >= 0.6 is 0 Å². The molecule has 0 saturated heterocycles. The van der Waals surface area contributed by atoms with Crippen molar-refractivity contribution in [2.45, 2.75) is 6.92 Å². The number of rotatable bonds is 9. The van der Waals surface area contributed by atoms with Gasteiger partial charge in [0.2, 0.25) is 5.88 Å². The van der Waals surface area contributed by atoms with E-state index in [0.717, 1.165) is 11.3 Å². The third-order valence-electron chi connectivity index (χ3n) is 5.84. The van der Waals surface area contributed by atoms with Gasteiger partial charge in [0.15, 0.2) is 17.9 Å². The fourth-order valence-corrected chi connectivity index (χ4v) is 3.95. The largest absolute Gasteiger partial charge is 0.477 e. The van der Waals surface area contributed by atoms with Crippen molar-refractivity contribution in [2.75, 3.05) is 23.0 Å². The number of carbonyl (C=O) groups is 2. The van der Waals surface area contributed by atoms with Gasteiger partial charge in [-0.1, -0.05) is 30.3 Å². The van der Waals surface area contributed by atoms with E-state index >= 15 is 0 Å². The minimum Gasteiger partial charge on any atom is -0.477 e. The molecule has 1 amide bonds. The summed E-state index contributed by atoms with van der Waals surface area (Å²) >= 11 is 0. The van der Waals surface area contributed by atoms with Gasteiger partial charge < -0.3 is 25.5 Å². The maximum atomic E-state index is 13.2. The molecule has 0 spiro atoms. The van der Waals surface area contributed by atoms with Crippen molar-refractivity contribution in [1.82, 2.24) is 9.97 Å². The lowest BCUT2D eigenvalue weighted by molar-refractivity contribution is 0.102. The Labute approximate surface area is 224 Å². The number of anilines is 4. The Kier molecular flexibility index (Phi) is 7.31. The molecule has 0 unspecified atom stereocenters. The summed E-state index contributed by atoms with van der Waals surface area (Å²) in [5.74, 6) is 0.607. The molecular formula is C30H25N5O4. The van der Waals surface area contributed by atoms with Crippen molar-refractivity contribution in [3.05, 3.63) is 114 Å². The summed E-state index contributed by atoms with van der Waals surface area (Å²) in [4.78, 5) is 34.2. The highest BCUT2D eigenvalue weighted by Crippen LogP contribution is 2.29. The molecule has 0 aliphatic heterocycles. The van der Waals surface area contributed by atoms with Gasteiger partial charge in [0.1, 0.15) is 11.4 Å². The number of oxazole rings is 1. The average Bonchev–Trinajstić information content (AvgIpc) is 3.49. The molecule has 0 atom stereocenters. The normalized spacial score (nSPS) is 10.6. The number of amides is 1. The van der Waals surface area contributed by atoms with Crippen LogP contribution in [0.2, 0.25) is 0 Å². The number of nitrogens with zero attached hydrogens (tertiary/aromatic N) is 2. The SMILES string of the molecule is CCOc1nc(Nc2ccc(-c3cnco3)cc2)cc(N)c1C(=O)Nc1ccc(C(=O)c2ccccc2)cc1. The number of nitrogen functional groups attached to an aromatic ring is 1. The molecule has 0 aliphatic rings. The summed E-state index contributed by atoms with van der Waals surface area (Å²) in [5.41, 5.74) is 9.85. The molecule has 2 heterocycles. The van der Waals surface area contributed by atoms with Gasteiger partial charge in [0, 0.05) is 34.1 Å². The van der Waals surface area contributed by atoms with E-state index < -0.39 is 5.91 Å². The fourth-order valence-electron chi connectivity index (χ4n) is 3.95. The van der Waals surface area contributed by atoms with Crippen LogP contribution in [-0.4, -0.2) is 28.3 Å². The number of aromatic nitrogens is 2. The predicted octanol–water partition coefficient (Wildman–Crippen LogP) is 5.94. The lowest BCUT2D eigenvalue weighted by Gasteiger charge is -2.15. The fraction of sp³-hybridized carbons (Fsp3) is 0.0667. The zero-order chi connectivity index (χ0) is 27.2. The lowest BCUT2D eigenvalue weighted by atomic mass is 10.0. The quantitative estimate of drug-likeness (QED) is 0.204. The Bertz CT molecular complexity index is 1580. The molecule has 0 saturated carbocycles. The number of carbonyl (C=O) groups excluding carboxylic acids is 2. The molecule has 5 rings (SSSR count). The first kappa shape index (κ1) is 25.2. The van der Waals surface area contributed by atoms with Crippen molar-refractivity contribution in [3.8, 4) is 17.2 Å². The van der Waals surface area contributed by atoms with E-state index in [9.17, 15) is 9.59 Å². The topological polar surface area (TPSA) is 132 Å². The van der Waals surface area contributed by atoms with E-state index in [4.69, 9.17) is 14.9 Å². The minimum absolute atomic E-state index is 0.101. The molecule has 3 aromatic carbocycles. The van der Waals surface area contributed by atoms with Gasteiger partial charge in [-0.2, -0.15) is 4.98 Å². The van der Waals surface area contributed by atoms with Crippen LogP contribution in [0.1, 0.15) is 33.2 Å². The Morgan fingerprint density at radius 2 is 1.62 bits per heavy atom. The van der Waals surface area contributed by atoms with E-state index in [1.807, 2.05) is 42.5 Å². The molecule has 0 aliphatic carbocycles. The van der Waals surface area contributed by atoms with E-state index in [0.29, 0.717) is 35.0 Å². The maximum Gasteiger partial charge on any atom is 0.263 e. The molecule has 194 valence electrons. The van der Waals surface area contributed by atoms with Crippen LogP contribution in [0.5, 0.6) is 5.88 Å². The second-order valence-electron chi connectivity index (χ2n) is 8.50. The zero-order valence-electron chi connectivity index (χ0n) is 21.0. The number of ketones is 1. The highest BCUT2D eigenvalue weighted by atomic mass is 16.5. The Balaban J connectivity index is 1.32. The first-order chi connectivity index (χ1) is 19.0. The standard InChI is InChI=1S/C30H25N5O4/c1-2-38-30-27(29(37)34-23-14-10-21(11-15-23)28(36)20-6-4-3-5-7-20)24(31)16-26(35-30)33-22-12-8-19(9-13-22)25-17-32-18-39-25/h3-18H,2H2,1H3,(H,34,37)(H3,31,33,35). The molecule has 4 N–H and O–H groups in total. The van der Waals surface area contributed by atoms with Gasteiger partial charge in [-0.3, -0.25) is 9.59 Å². The van der Waals surface area contributed by atoms with E-state index in [1.54, 1.807) is 55.6 Å². The van der Waals surface area contributed by atoms with Crippen molar-refractivity contribution in [3.63, 3.8) is 0 Å². The second-order valence-corrected chi connectivity index (χ2v) is 8.50. The third-order valence-corrected chi connectivity index (χ3v) is 5.84.